The van der Waals surface area contributed by atoms with E-state index in [1.807, 2.05) is 0 Å². The van der Waals surface area contributed by atoms with Crippen LogP contribution < -0.4 is 5.32 Å². The van der Waals surface area contributed by atoms with Gasteiger partial charge in [-0.05, 0) is 25.1 Å². The van der Waals surface area contributed by atoms with Crippen LogP contribution in [0, 0.1) is 11.6 Å². The van der Waals surface area contributed by atoms with E-state index in [9.17, 15) is 17.2 Å². The second kappa shape index (κ2) is 4.70. The average molecular weight is 261 g/mol. The van der Waals surface area contributed by atoms with Crippen molar-refractivity contribution in [1.82, 2.24) is 5.32 Å². The highest BCUT2D eigenvalue weighted by atomic mass is 32.2. The smallest absolute Gasteiger partial charge is 0.152 e. The zero-order valence-corrected chi connectivity index (χ0v) is 9.93. The van der Waals surface area contributed by atoms with Crippen molar-refractivity contribution < 1.29 is 17.2 Å². The van der Waals surface area contributed by atoms with Crippen molar-refractivity contribution in [1.29, 1.82) is 0 Å². The van der Waals surface area contributed by atoms with Crippen LogP contribution in [0.4, 0.5) is 8.78 Å². The molecular formula is C11H13F2NO2S. The quantitative estimate of drug-likeness (QED) is 0.831. The van der Waals surface area contributed by atoms with E-state index in [4.69, 9.17) is 0 Å². The van der Waals surface area contributed by atoms with Gasteiger partial charge in [-0.1, -0.05) is 6.07 Å². The summed E-state index contributed by atoms with van der Waals surface area (Å²) in [5, 5.41) is 2.88. The molecule has 0 spiro atoms. The molecule has 94 valence electrons. The van der Waals surface area contributed by atoms with Gasteiger partial charge in [-0.2, -0.15) is 0 Å². The Balaban J connectivity index is 2.38. The molecule has 1 heterocycles. The maximum Gasteiger partial charge on any atom is 0.152 e. The normalized spacial score (nSPS) is 24.2. The molecule has 1 aromatic rings. The zero-order chi connectivity index (χ0) is 12.5. The Hall–Kier alpha value is -1.01. The van der Waals surface area contributed by atoms with E-state index < -0.39 is 27.5 Å². The zero-order valence-electron chi connectivity index (χ0n) is 9.12. The van der Waals surface area contributed by atoms with Gasteiger partial charge in [0, 0.05) is 5.56 Å². The lowest BCUT2D eigenvalue weighted by Crippen LogP contribution is -2.27. The lowest BCUT2D eigenvalue weighted by atomic mass is 10.1. The fourth-order valence-electron chi connectivity index (χ4n) is 1.99. The lowest BCUT2D eigenvalue weighted by molar-refractivity contribution is 0.493. The van der Waals surface area contributed by atoms with Gasteiger partial charge in [-0.15, -0.1) is 0 Å². The van der Waals surface area contributed by atoms with Gasteiger partial charge in [-0.3, -0.25) is 0 Å². The second-order valence-electron chi connectivity index (χ2n) is 4.11. The van der Waals surface area contributed by atoms with Crippen molar-refractivity contribution in [3.63, 3.8) is 0 Å². The first kappa shape index (κ1) is 12.4. The van der Waals surface area contributed by atoms with Crippen LogP contribution in [0.5, 0.6) is 0 Å². The number of hydrogen-bond donors (Lipinski definition) is 1. The predicted molar refractivity (Wildman–Crippen MR) is 60.4 cm³/mol. The molecule has 0 aromatic heterocycles. The largest absolute Gasteiger partial charge is 0.309 e. The summed E-state index contributed by atoms with van der Waals surface area (Å²) in [5.41, 5.74) is -0.182. The first-order valence-electron chi connectivity index (χ1n) is 5.37. The first-order chi connectivity index (χ1) is 7.99. The molecule has 1 fully saturated rings. The van der Waals surface area contributed by atoms with Crippen LogP contribution in [0.2, 0.25) is 0 Å². The summed E-state index contributed by atoms with van der Waals surface area (Å²) in [6, 6.07) is 2.73. The topological polar surface area (TPSA) is 46.2 Å². The minimum absolute atomic E-state index is 0.0621. The highest BCUT2D eigenvalue weighted by molar-refractivity contribution is 7.91. The number of sulfone groups is 1. The van der Waals surface area contributed by atoms with Gasteiger partial charge in [0.25, 0.3) is 0 Å². The lowest BCUT2D eigenvalue weighted by Gasteiger charge is -2.17. The van der Waals surface area contributed by atoms with Crippen LogP contribution in [0.15, 0.2) is 18.2 Å². The Bertz CT molecular complexity index is 496. The predicted octanol–water partition coefficient (Wildman–Crippen LogP) is 1.41. The number of halogens is 2. The maximum absolute atomic E-state index is 13.5. The van der Waals surface area contributed by atoms with Gasteiger partial charge >= 0.3 is 0 Å². The summed E-state index contributed by atoms with van der Waals surface area (Å²) in [4.78, 5) is 0. The summed E-state index contributed by atoms with van der Waals surface area (Å²) in [5.74, 6) is -1.61. The standard InChI is InChI=1S/C11H13F2NO2S/c12-8-3-1-4-9(13)11(8)10-7-17(15,16)6-2-5-14-10/h1,3-4,10,14H,2,5-7H2. The molecule has 0 amide bonds. The Labute approximate surface area is 98.8 Å². The van der Waals surface area contributed by atoms with Gasteiger partial charge in [0.1, 0.15) is 11.6 Å². The van der Waals surface area contributed by atoms with E-state index in [1.165, 1.54) is 6.07 Å². The number of nitrogens with one attached hydrogen (secondary N) is 1. The molecule has 1 saturated heterocycles. The molecule has 1 aliphatic heterocycles. The Morgan fingerprint density at radius 3 is 2.53 bits per heavy atom. The molecule has 1 aliphatic rings. The summed E-state index contributed by atoms with van der Waals surface area (Å²) in [6.45, 7) is 0.442. The van der Waals surface area contributed by atoms with Gasteiger partial charge < -0.3 is 5.32 Å². The number of rotatable bonds is 1. The molecule has 1 N–H and O–H groups in total. The Morgan fingerprint density at radius 2 is 1.88 bits per heavy atom. The third-order valence-electron chi connectivity index (χ3n) is 2.79. The molecular weight excluding hydrogens is 248 g/mol. The van der Waals surface area contributed by atoms with Crippen molar-refractivity contribution in [3.05, 3.63) is 35.4 Å². The fraction of sp³-hybridized carbons (Fsp3) is 0.455. The summed E-state index contributed by atoms with van der Waals surface area (Å²) >= 11 is 0. The monoisotopic (exact) mass is 261 g/mol. The first-order valence-corrected chi connectivity index (χ1v) is 7.19. The molecule has 3 nitrogen and oxygen atoms in total. The Morgan fingerprint density at radius 1 is 1.24 bits per heavy atom. The molecule has 1 aromatic carbocycles. The Kier molecular flexibility index (Phi) is 3.44. The minimum atomic E-state index is -3.25. The van der Waals surface area contributed by atoms with E-state index >= 15 is 0 Å². The number of hydrogen-bond acceptors (Lipinski definition) is 3. The van der Waals surface area contributed by atoms with Crippen LogP contribution in [0.3, 0.4) is 0 Å². The highest BCUT2D eigenvalue weighted by Gasteiger charge is 2.27. The molecule has 17 heavy (non-hydrogen) atoms. The van der Waals surface area contributed by atoms with Gasteiger partial charge in [0.05, 0.1) is 17.5 Å². The number of benzene rings is 1. The van der Waals surface area contributed by atoms with E-state index in [-0.39, 0.29) is 17.1 Å². The fourth-order valence-corrected chi connectivity index (χ4v) is 3.54. The molecule has 6 heteroatoms. The summed E-state index contributed by atoms with van der Waals surface area (Å²) in [7, 11) is -3.25. The summed E-state index contributed by atoms with van der Waals surface area (Å²) in [6.07, 6.45) is 0.467. The third kappa shape index (κ3) is 2.81. The molecule has 0 saturated carbocycles. The van der Waals surface area contributed by atoms with Crippen molar-refractivity contribution in [3.8, 4) is 0 Å². The van der Waals surface area contributed by atoms with Gasteiger partial charge in [-0.25, -0.2) is 17.2 Å². The van der Waals surface area contributed by atoms with Gasteiger partial charge in [0.2, 0.25) is 0 Å². The van der Waals surface area contributed by atoms with Gasteiger partial charge in [0.15, 0.2) is 9.84 Å². The molecule has 1 atom stereocenters. The van der Waals surface area contributed by atoms with Crippen LogP contribution in [0.25, 0.3) is 0 Å². The van der Waals surface area contributed by atoms with E-state index in [1.54, 1.807) is 0 Å². The molecule has 0 bridgehead atoms. The van der Waals surface area contributed by atoms with Crippen LogP contribution in [0.1, 0.15) is 18.0 Å². The van der Waals surface area contributed by atoms with Crippen molar-refractivity contribution in [2.75, 3.05) is 18.1 Å². The van der Waals surface area contributed by atoms with Crippen molar-refractivity contribution >= 4 is 9.84 Å². The average Bonchev–Trinajstić information content (AvgIpc) is 2.39. The second-order valence-corrected chi connectivity index (χ2v) is 6.34. The van der Waals surface area contributed by atoms with Crippen LogP contribution in [-0.2, 0) is 9.84 Å². The maximum atomic E-state index is 13.5. The highest BCUT2D eigenvalue weighted by Crippen LogP contribution is 2.23. The van der Waals surface area contributed by atoms with E-state index in [0.29, 0.717) is 13.0 Å². The molecule has 0 radical (unpaired) electrons. The molecule has 2 rings (SSSR count). The van der Waals surface area contributed by atoms with E-state index in [2.05, 4.69) is 5.32 Å². The SMILES string of the molecule is O=S1(=O)CCCNC(c2c(F)cccc2F)C1. The molecule has 0 aliphatic carbocycles. The molecule has 1 unspecified atom stereocenters. The van der Waals surface area contributed by atoms with Crippen LogP contribution >= 0.6 is 0 Å². The van der Waals surface area contributed by atoms with E-state index in [0.717, 1.165) is 12.1 Å². The van der Waals surface area contributed by atoms with Crippen LogP contribution in [-0.4, -0.2) is 26.5 Å². The minimum Gasteiger partial charge on any atom is -0.309 e. The van der Waals surface area contributed by atoms with Crippen molar-refractivity contribution in [2.24, 2.45) is 0 Å². The summed E-state index contributed by atoms with van der Waals surface area (Å²) < 4.78 is 50.3. The van der Waals surface area contributed by atoms with Crippen molar-refractivity contribution in [2.45, 2.75) is 12.5 Å². The third-order valence-corrected chi connectivity index (χ3v) is 4.54.